The number of rotatable bonds is 3. The smallest absolute Gasteiger partial charge is 0.252 e. The highest BCUT2D eigenvalue weighted by atomic mass is 35.5. The lowest BCUT2D eigenvalue weighted by Gasteiger charge is -2.08. The zero-order valence-electron chi connectivity index (χ0n) is 9.92. The molecule has 1 heterocycles. The van der Waals surface area contributed by atoms with Crippen molar-refractivity contribution in [3.05, 3.63) is 35.0 Å². The standard InChI is InChI=1S/C12H10ClN3O3/c1-19-9-5-8(13)15-12(16-9)7-4-2-3-6(10(7)17)11(14)18/h2-5,17H,1H3,(H2,14,18). The summed E-state index contributed by atoms with van der Waals surface area (Å²) < 4.78 is 4.97. The van der Waals surface area contributed by atoms with Crippen molar-refractivity contribution >= 4 is 17.5 Å². The number of carbonyl (C=O) groups is 1. The van der Waals surface area contributed by atoms with Crippen LogP contribution < -0.4 is 10.5 Å². The number of aromatic nitrogens is 2. The normalized spacial score (nSPS) is 10.2. The van der Waals surface area contributed by atoms with Crippen LogP contribution in [0.5, 0.6) is 11.6 Å². The highest BCUT2D eigenvalue weighted by Crippen LogP contribution is 2.31. The number of benzene rings is 1. The van der Waals surface area contributed by atoms with Gasteiger partial charge in [-0.2, -0.15) is 4.98 Å². The molecule has 2 aromatic rings. The highest BCUT2D eigenvalue weighted by molar-refractivity contribution is 6.29. The average molecular weight is 280 g/mol. The summed E-state index contributed by atoms with van der Waals surface area (Å²) in [5.74, 6) is -0.642. The van der Waals surface area contributed by atoms with Gasteiger partial charge in [0.1, 0.15) is 10.9 Å². The van der Waals surface area contributed by atoms with E-state index in [-0.39, 0.29) is 33.7 Å². The number of ether oxygens (including phenoxy) is 1. The molecule has 0 unspecified atom stereocenters. The first kappa shape index (κ1) is 13.1. The van der Waals surface area contributed by atoms with Crippen molar-refractivity contribution in [1.29, 1.82) is 0 Å². The Kier molecular flexibility index (Phi) is 3.52. The molecule has 0 aliphatic rings. The summed E-state index contributed by atoms with van der Waals surface area (Å²) in [6, 6.07) is 5.95. The molecule has 1 aromatic heterocycles. The van der Waals surface area contributed by atoms with E-state index in [1.807, 2.05) is 0 Å². The fraction of sp³-hybridized carbons (Fsp3) is 0.0833. The van der Waals surface area contributed by atoms with Crippen LogP contribution in [0.25, 0.3) is 11.4 Å². The maximum atomic E-state index is 11.2. The molecule has 0 atom stereocenters. The predicted octanol–water partition coefficient (Wildman–Crippen LogP) is 1.61. The summed E-state index contributed by atoms with van der Waals surface area (Å²) in [5.41, 5.74) is 5.39. The number of halogens is 1. The predicted molar refractivity (Wildman–Crippen MR) is 69.2 cm³/mol. The number of hydrogen-bond acceptors (Lipinski definition) is 5. The number of phenols is 1. The molecule has 0 saturated heterocycles. The van der Waals surface area contributed by atoms with E-state index in [0.717, 1.165) is 0 Å². The summed E-state index contributed by atoms with van der Waals surface area (Å²) in [4.78, 5) is 19.2. The molecule has 0 radical (unpaired) electrons. The Balaban J connectivity index is 2.62. The van der Waals surface area contributed by atoms with Gasteiger partial charge in [0.25, 0.3) is 5.91 Å². The SMILES string of the molecule is COc1cc(Cl)nc(-c2cccc(C(N)=O)c2O)n1. The van der Waals surface area contributed by atoms with Gasteiger partial charge < -0.3 is 15.6 Å². The van der Waals surface area contributed by atoms with Gasteiger partial charge in [-0.1, -0.05) is 17.7 Å². The molecule has 0 aliphatic heterocycles. The molecule has 1 aromatic carbocycles. The van der Waals surface area contributed by atoms with E-state index in [4.69, 9.17) is 22.1 Å². The number of methoxy groups -OCH3 is 1. The highest BCUT2D eigenvalue weighted by Gasteiger charge is 2.15. The minimum atomic E-state index is -0.742. The van der Waals surface area contributed by atoms with E-state index in [1.165, 1.54) is 19.2 Å². The largest absolute Gasteiger partial charge is 0.506 e. The van der Waals surface area contributed by atoms with Crippen molar-refractivity contribution in [2.75, 3.05) is 7.11 Å². The molecule has 7 heteroatoms. The van der Waals surface area contributed by atoms with Crippen LogP contribution in [0.4, 0.5) is 0 Å². The topological polar surface area (TPSA) is 98.3 Å². The lowest BCUT2D eigenvalue weighted by molar-refractivity contribution is 0.0998. The van der Waals surface area contributed by atoms with Gasteiger partial charge in [-0.15, -0.1) is 0 Å². The summed E-state index contributed by atoms with van der Waals surface area (Å²) >= 11 is 5.83. The lowest BCUT2D eigenvalue weighted by atomic mass is 10.1. The third kappa shape index (κ3) is 2.58. The number of nitrogens with zero attached hydrogens (tertiary/aromatic N) is 2. The molecule has 0 saturated carbocycles. The lowest BCUT2D eigenvalue weighted by Crippen LogP contribution is -2.11. The third-order valence-corrected chi connectivity index (χ3v) is 2.62. The molecule has 0 bridgehead atoms. The molecule has 0 spiro atoms. The number of hydrogen-bond donors (Lipinski definition) is 2. The van der Waals surface area contributed by atoms with Gasteiger partial charge in [-0.3, -0.25) is 4.79 Å². The molecular weight excluding hydrogens is 270 g/mol. The Morgan fingerprint density at radius 3 is 2.79 bits per heavy atom. The minimum absolute atomic E-state index is 0.0138. The van der Waals surface area contributed by atoms with Crippen molar-refractivity contribution in [2.24, 2.45) is 5.73 Å². The molecule has 6 nitrogen and oxygen atoms in total. The molecule has 0 aliphatic carbocycles. The number of aromatic hydroxyl groups is 1. The molecule has 98 valence electrons. The van der Waals surface area contributed by atoms with E-state index in [0.29, 0.717) is 0 Å². The summed E-state index contributed by atoms with van der Waals surface area (Å²) in [5, 5.41) is 10.2. The summed E-state index contributed by atoms with van der Waals surface area (Å²) in [6.07, 6.45) is 0. The number of para-hydroxylation sites is 1. The van der Waals surface area contributed by atoms with Gasteiger partial charge in [0, 0.05) is 6.07 Å². The second-order valence-corrected chi connectivity index (χ2v) is 4.01. The number of amides is 1. The van der Waals surface area contributed by atoms with Gasteiger partial charge in [0.2, 0.25) is 5.88 Å². The Morgan fingerprint density at radius 2 is 2.16 bits per heavy atom. The number of carbonyl (C=O) groups excluding carboxylic acids is 1. The first-order valence-electron chi connectivity index (χ1n) is 5.23. The van der Waals surface area contributed by atoms with Crippen LogP contribution in [0.3, 0.4) is 0 Å². The zero-order valence-corrected chi connectivity index (χ0v) is 10.7. The van der Waals surface area contributed by atoms with E-state index in [9.17, 15) is 9.90 Å². The van der Waals surface area contributed by atoms with Crippen LogP contribution in [-0.2, 0) is 0 Å². The van der Waals surface area contributed by atoms with Crippen LogP contribution in [-0.4, -0.2) is 28.1 Å². The molecule has 1 amide bonds. The van der Waals surface area contributed by atoms with Gasteiger partial charge >= 0.3 is 0 Å². The first-order chi connectivity index (χ1) is 9.02. The van der Waals surface area contributed by atoms with Crippen molar-refractivity contribution in [3.63, 3.8) is 0 Å². The van der Waals surface area contributed by atoms with Crippen molar-refractivity contribution in [3.8, 4) is 23.0 Å². The number of primary amides is 1. The molecular formula is C12H10ClN3O3. The van der Waals surface area contributed by atoms with Crippen molar-refractivity contribution in [1.82, 2.24) is 9.97 Å². The Morgan fingerprint density at radius 1 is 1.42 bits per heavy atom. The third-order valence-electron chi connectivity index (χ3n) is 2.42. The van der Waals surface area contributed by atoms with Crippen LogP contribution in [0, 0.1) is 0 Å². The maximum absolute atomic E-state index is 11.2. The summed E-state index contributed by atoms with van der Waals surface area (Å²) in [7, 11) is 1.43. The Bertz CT molecular complexity index is 646. The molecule has 2 rings (SSSR count). The zero-order chi connectivity index (χ0) is 14.0. The van der Waals surface area contributed by atoms with Crippen LogP contribution in [0.2, 0.25) is 5.15 Å². The first-order valence-corrected chi connectivity index (χ1v) is 5.61. The van der Waals surface area contributed by atoms with Crippen LogP contribution in [0.1, 0.15) is 10.4 Å². The van der Waals surface area contributed by atoms with Gasteiger partial charge in [0.05, 0.1) is 18.2 Å². The minimum Gasteiger partial charge on any atom is -0.506 e. The van der Waals surface area contributed by atoms with Crippen molar-refractivity contribution < 1.29 is 14.6 Å². The Labute approximate surface area is 113 Å². The fourth-order valence-corrected chi connectivity index (χ4v) is 1.72. The van der Waals surface area contributed by atoms with E-state index >= 15 is 0 Å². The molecule has 3 N–H and O–H groups in total. The van der Waals surface area contributed by atoms with Gasteiger partial charge in [0.15, 0.2) is 5.82 Å². The number of nitrogens with two attached hydrogens (primary N) is 1. The van der Waals surface area contributed by atoms with Crippen LogP contribution >= 0.6 is 11.6 Å². The Hall–Kier alpha value is -2.34. The van der Waals surface area contributed by atoms with Crippen LogP contribution in [0.15, 0.2) is 24.3 Å². The van der Waals surface area contributed by atoms with Gasteiger partial charge in [-0.05, 0) is 12.1 Å². The molecule has 0 fully saturated rings. The fourth-order valence-electron chi connectivity index (χ4n) is 1.54. The maximum Gasteiger partial charge on any atom is 0.252 e. The quantitative estimate of drug-likeness (QED) is 0.832. The second kappa shape index (κ2) is 5.11. The van der Waals surface area contributed by atoms with E-state index < -0.39 is 5.91 Å². The second-order valence-electron chi connectivity index (χ2n) is 3.62. The monoisotopic (exact) mass is 279 g/mol. The average Bonchev–Trinajstić information content (AvgIpc) is 2.37. The van der Waals surface area contributed by atoms with E-state index in [2.05, 4.69) is 9.97 Å². The van der Waals surface area contributed by atoms with Crippen molar-refractivity contribution in [2.45, 2.75) is 0 Å². The summed E-state index contributed by atoms with van der Waals surface area (Å²) in [6.45, 7) is 0. The van der Waals surface area contributed by atoms with E-state index in [1.54, 1.807) is 12.1 Å². The van der Waals surface area contributed by atoms with Gasteiger partial charge in [-0.25, -0.2) is 4.98 Å². The molecule has 19 heavy (non-hydrogen) atoms.